The van der Waals surface area contributed by atoms with Crippen LogP contribution in [0, 0.1) is 10.8 Å². The van der Waals surface area contributed by atoms with Gasteiger partial charge in [0, 0.05) is 32.3 Å². The molecular formula is C34H41N7O8. The van der Waals surface area contributed by atoms with Crippen molar-refractivity contribution in [2.45, 2.75) is 33.7 Å². The maximum atomic E-state index is 13.1. The largest absolute Gasteiger partial charge is 0.490 e. The number of hydrogen-bond donors (Lipinski definition) is 6. The Balaban J connectivity index is 0.00000154. The normalized spacial score (nSPS) is 11.4. The molecule has 1 amide bonds. The number of aromatic amines is 1. The number of carboxylic acids is 2. The number of nitrogens with one attached hydrogen (secondary N) is 3. The van der Waals surface area contributed by atoms with E-state index >= 15 is 0 Å². The van der Waals surface area contributed by atoms with Crippen LogP contribution >= 0.6 is 0 Å². The van der Waals surface area contributed by atoms with E-state index in [1.807, 2.05) is 6.92 Å². The first kappa shape index (κ1) is 37.3. The summed E-state index contributed by atoms with van der Waals surface area (Å²) in [5.41, 5.74) is 6.03. The number of aromatic carboxylic acids is 1. The number of nitrogens with zero attached hydrogens (tertiary/aromatic N) is 3. The molecule has 1 heterocycles. The number of H-pyrrole nitrogens is 1. The van der Waals surface area contributed by atoms with Crippen LogP contribution in [0.5, 0.6) is 11.5 Å². The number of nitrogen functional groups attached to an aromatic ring is 1. The fourth-order valence-electron chi connectivity index (χ4n) is 4.71. The molecule has 7 N–H and O–H groups in total. The lowest BCUT2D eigenvalue weighted by molar-refractivity contribution is -0.139. The lowest BCUT2D eigenvalue weighted by Crippen LogP contribution is -2.40. The van der Waals surface area contributed by atoms with Gasteiger partial charge in [0.05, 0.1) is 23.3 Å². The number of carbonyl (C=O) groups is 3. The lowest BCUT2D eigenvalue weighted by atomic mass is 9.93. The number of amides is 1. The molecular weight excluding hydrogens is 634 g/mol. The highest BCUT2D eigenvalue weighted by atomic mass is 16.5. The second-order valence-electron chi connectivity index (χ2n) is 11.6. The fraction of sp³-hybridized carbons (Fsp3) is 0.294. The van der Waals surface area contributed by atoms with Crippen LogP contribution in [0.3, 0.4) is 0 Å². The van der Waals surface area contributed by atoms with Crippen LogP contribution in [0.4, 0.5) is 5.69 Å². The van der Waals surface area contributed by atoms with Gasteiger partial charge in [-0.2, -0.15) is 4.68 Å². The monoisotopic (exact) mass is 675 g/mol. The Morgan fingerprint density at radius 2 is 1.67 bits per heavy atom. The highest BCUT2D eigenvalue weighted by Gasteiger charge is 2.31. The van der Waals surface area contributed by atoms with Crippen LogP contribution in [0.2, 0.25) is 0 Å². The van der Waals surface area contributed by atoms with E-state index in [1.165, 1.54) is 17.0 Å². The highest BCUT2D eigenvalue weighted by Crippen LogP contribution is 2.35. The van der Waals surface area contributed by atoms with Crippen molar-refractivity contribution in [2.75, 3.05) is 32.6 Å². The van der Waals surface area contributed by atoms with Crippen molar-refractivity contribution in [2.24, 2.45) is 11.1 Å². The molecule has 3 aromatic carbocycles. The van der Waals surface area contributed by atoms with Gasteiger partial charge < -0.3 is 35.6 Å². The Morgan fingerprint density at radius 1 is 1.04 bits per heavy atom. The third kappa shape index (κ3) is 9.70. The number of aliphatic carboxylic acids is 1. The van der Waals surface area contributed by atoms with E-state index < -0.39 is 29.1 Å². The molecule has 1 unspecified atom stereocenters. The Bertz CT molecular complexity index is 1860. The van der Waals surface area contributed by atoms with E-state index in [0.29, 0.717) is 34.9 Å². The molecule has 0 spiro atoms. The third-order valence-corrected chi connectivity index (χ3v) is 6.95. The van der Waals surface area contributed by atoms with Gasteiger partial charge in [-0.15, -0.1) is 5.10 Å². The summed E-state index contributed by atoms with van der Waals surface area (Å²) in [5.74, 6) is -1.15. The van der Waals surface area contributed by atoms with Gasteiger partial charge in [0.2, 0.25) is 5.91 Å². The molecule has 0 aliphatic rings. The number of amidine groups is 1. The fourth-order valence-corrected chi connectivity index (χ4v) is 4.71. The van der Waals surface area contributed by atoms with Crippen LogP contribution in [-0.2, 0) is 9.59 Å². The summed E-state index contributed by atoms with van der Waals surface area (Å²) in [6.07, 6.45) is 0. The van der Waals surface area contributed by atoms with Crippen molar-refractivity contribution in [1.82, 2.24) is 19.7 Å². The zero-order valence-electron chi connectivity index (χ0n) is 28.1. The number of nitrogens with two attached hydrogens (primary N) is 1. The molecule has 15 heteroatoms. The number of aromatic nitrogens is 3. The number of rotatable bonds is 13. The van der Waals surface area contributed by atoms with E-state index in [2.05, 4.69) is 15.4 Å². The summed E-state index contributed by atoms with van der Waals surface area (Å²) in [6.45, 7) is 6.96. The highest BCUT2D eigenvalue weighted by molar-refractivity contribution is 5.95. The van der Waals surface area contributed by atoms with E-state index in [0.717, 1.165) is 11.6 Å². The number of ether oxygens (including phenoxy) is 2. The second-order valence-corrected chi connectivity index (χ2v) is 11.6. The number of carbonyl (C=O) groups excluding carboxylic acids is 1. The Kier molecular flexibility index (Phi) is 12.3. The van der Waals surface area contributed by atoms with Crippen LogP contribution < -0.4 is 26.2 Å². The summed E-state index contributed by atoms with van der Waals surface area (Å²) in [4.78, 5) is 50.9. The van der Waals surface area contributed by atoms with E-state index in [9.17, 15) is 19.5 Å². The molecule has 260 valence electrons. The smallest absolute Gasteiger partial charge is 0.348 e. The van der Waals surface area contributed by atoms with Crippen LogP contribution in [0.15, 0.2) is 71.5 Å². The van der Waals surface area contributed by atoms with Crippen LogP contribution in [-0.4, -0.2) is 80.9 Å². The first-order valence-corrected chi connectivity index (χ1v) is 15.1. The summed E-state index contributed by atoms with van der Waals surface area (Å²) < 4.78 is 13.0. The van der Waals surface area contributed by atoms with Gasteiger partial charge in [0.1, 0.15) is 18.5 Å². The van der Waals surface area contributed by atoms with E-state index in [-0.39, 0.29) is 35.4 Å². The van der Waals surface area contributed by atoms with Gasteiger partial charge in [-0.1, -0.05) is 18.2 Å². The summed E-state index contributed by atoms with van der Waals surface area (Å²) in [5, 5.41) is 32.7. The maximum Gasteiger partial charge on any atom is 0.348 e. The summed E-state index contributed by atoms with van der Waals surface area (Å²) >= 11 is 0. The summed E-state index contributed by atoms with van der Waals surface area (Å²) in [7, 11) is 3.38. The molecule has 0 bridgehead atoms. The first-order chi connectivity index (χ1) is 23.0. The number of benzene rings is 3. The minimum absolute atomic E-state index is 0.0781. The number of para-hydroxylation sites is 1. The van der Waals surface area contributed by atoms with Gasteiger partial charge >= 0.3 is 11.7 Å². The number of anilines is 1. The first-order valence-electron chi connectivity index (χ1n) is 15.1. The standard InChI is InChI=1S/C32H37N7O6.C2H4O2/c1-6-44-25-17-20(13-16-24(25)45-18-32(2,3)30(42)38(4)5)26(35-21-14-11-19(12-15-21)27(33)34)28-36-31(43)39(37-28)23-10-8-7-9-22(23)29(40)41;1-2(3)4/h7-17,26,35H,6,18H2,1-5H3,(H3,33,34)(H,40,41)(H,36,37,43);1H3,(H,3,4). The minimum atomic E-state index is -1.20. The molecule has 4 aromatic rings. The Morgan fingerprint density at radius 3 is 2.24 bits per heavy atom. The minimum Gasteiger partial charge on any atom is -0.490 e. The molecule has 1 aromatic heterocycles. The van der Waals surface area contributed by atoms with Gasteiger partial charge in [-0.25, -0.2) is 9.59 Å². The number of carboxylic acid groups (broad SMARTS) is 2. The van der Waals surface area contributed by atoms with Gasteiger partial charge in [-0.05, 0) is 74.9 Å². The zero-order chi connectivity index (χ0) is 36.5. The second kappa shape index (κ2) is 16.1. The van der Waals surface area contributed by atoms with Crippen molar-refractivity contribution in [1.29, 1.82) is 5.41 Å². The van der Waals surface area contributed by atoms with Gasteiger partial charge in [0.25, 0.3) is 5.97 Å². The Hall–Kier alpha value is -6.12. The third-order valence-electron chi connectivity index (χ3n) is 6.95. The van der Waals surface area contributed by atoms with Crippen molar-refractivity contribution in [3.8, 4) is 17.2 Å². The predicted octanol–water partition coefficient (Wildman–Crippen LogP) is 3.73. The molecule has 0 saturated carbocycles. The van der Waals surface area contributed by atoms with Gasteiger partial charge in [-0.3, -0.25) is 20.0 Å². The zero-order valence-corrected chi connectivity index (χ0v) is 28.1. The average Bonchev–Trinajstić information content (AvgIpc) is 3.43. The summed E-state index contributed by atoms with van der Waals surface area (Å²) in [6, 6.07) is 17.4. The van der Waals surface area contributed by atoms with Crippen LogP contribution in [0.1, 0.15) is 61.0 Å². The van der Waals surface area contributed by atoms with E-state index in [4.69, 9.17) is 30.5 Å². The van der Waals surface area contributed by atoms with E-state index in [1.54, 1.807) is 82.5 Å². The van der Waals surface area contributed by atoms with Crippen molar-refractivity contribution < 1.29 is 34.1 Å². The molecule has 4 rings (SSSR count). The molecule has 49 heavy (non-hydrogen) atoms. The molecule has 0 aliphatic carbocycles. The van der Waals surface area contributed by atoms with Crippen molar-refractivity contribution in [3.63, 3.8) is 0 Å². The maximum absolute atomic E-state index is 13.1. The molecule has 0 radical (unpaired) electrons. The van der Waals surface area contributed by atoms with Gasteiger partial charge in [0.15, 0.2) is 17.3 Å². The quantitative estimate of drug-likeness (QED) is 0.0884. The molecule has 15 nitrogen and oxygen atoms in total. The van der Waals surface area contributed by atoms with Crippen molar-refractivity contribution >= 4 is 29.4 Å². The van der Waals surface area contributed by atoms with Crippen LogP contribution in [0.25, 0.3) is 5.69 Å². The lowest BCUT2D eigenvalue weighted by Gasteiger charge is -2.27. The number of hydrogen-bond acceptors (Lipinski definition) is 9. The Labute approximate surface area is 282 Å². The SMILES string of the molecule is CC(=O)O.CCOc1cc(C(Nc2ccc(C(=N)N)cc2)c2nn(-c3ccccc3C(=O)O)c(=O)[nH]2)ccc1OCC(C)(C)C(=O)N(C)C. The predicted molar refractivity (Wildman–Crippen MR) is 183 cm³/mol. The van der Waals surface area contributed by atoms with Crippen molar-refractivity contribution in [3.05, 3.63) is 99.7 Å². The molecule has 0 aliphatic heterocycles. The molecule has 0 saturated heterocycles. The average molecular weight is 676 g/mol. The molecule has 1 atom stereocenters. The molecule has 0 fully saturated rings. The topological polar surface area (TPSA) is 226 Å².